The van der Waals surface area contributed by atoms with E-state index in [0.717, 1.165) is 5.56 Å². The Bertz CT molecular complexity index is 717. The molecule has 1 N–H and O–H groups in total. The lowest BCUT2D eigenvalue weighted by Gasteiger charge is -2.09. The average Bonchev–Trinajstić information content (AvgIpc) is 2.55. The van der Waals surface area contributed by atoms with Crippen molar-refractivity contribution in [2.24, 2.45) is 0 Å². The van der Waals surface area contributed by atoms with E-state index >= 15 is 0 Å². The highest BCUT2D eigenvalue weighted by Crippen LogP contribution is 2.23. The van der Waals surface area contributed by atoms with Crippen molar-refractivity contribution in [3.05, 3.63) is 68.7 Å². The van der Waals surface area contributed by atoms with Crippen molar-refractivity contribution >= 4 is 23.2 Å². The fourth-order valence-corrected chi connectivity index (χ4v) is 2.18. The molecule has 0 aliphatic rings. The van der Waals surface area contributed by atoms with Gasteiger partial charge < -0.3 is 10.1 Å². The molecule has 0 radical (unpaired) electrons. The molecule has 7 heteroatoms. The summed E-state index contributed by atoms with van der Waals surface area (Å²) < 4.78 is 5.08. The summed E-state index contributed by atoms with van der Waals surface area (Å²) in [6.45, 7) is 0.395. The molecule has 2 aromatic carbocycles. The number of nitro benzene ring substituents is 1. The molecule has 0 atom stereocenters. The van der Waals surface area contributed by atoms with Gasteiger partial charge in [0.2, 0.25) is 0 Å². The van der Waals surface area contributed by atoms with Gasteiger partial charge in [-0.05, 0) is 30.2 Å². The van der Waals surface area contributed by atoms with Gasteiger partial charge >= 0.3 is 0 Å². The molecular weight excluding hydrogens is 320 g/mol. The normalized spacial score (nSPS) is 10.2. The second kappa shape index (κ2) is 7.60. The zero-order valence-electron chi connectivity index (χ0n) is 12.4. The maximum Gasteiger partial charge on any atom is 0.270 e. The summed E-state index contributed by atoms with van der Waals surface area (Å²) in [7, 11) is 1.41. The van der Waals surface area contributed by atoms with Gasteiger partial charge in [-0.15, -0.1) is 0 Å². The fourth-order valence-electron chi connectivity index (χ4n) is 2.05. The molecule has 120 valence electrons. The Morgan fingerprint density at radius 3 is 2.57 bits per heavy atom. The van der Waals surface area contributed by atoms with E-state index in [4.69, 9.17) is 16.3 Å². The van der Waals surface area contributed by atoms with Crippen molar-refractivity contribution in [1.29, 1.82) is 0 Å². The number of methoxy groups -OCH3 is 1. The predicted octanol–water partition coefficient (Wildman–Crippen LogP) is 3.23. The molecule has 0 spiro atoms. The first-order valence-electron chi connectivity index (χ1n) is 6.86. The molecule has 6 nitrogen and oxygen atoms in total. The van der Waals surface area contributed by atoms with Crippen molar-refractivity contribution in [2.45, 2.75) is 6.42 Å². The van der Waals surface area contributed by atoms with Gasteiger partial charge in [-0.3, -0.25) is 14.9 Å². The van der Waals surface area contributed by atoms with Crippen LogP contribution in [0.25, 0.3) is 0 Å². The van der Waals surface area contributed by atoms with E-state index in [0.29, 0.717) is 23.7 Å². The van der Waals surface area contributed by atoms with Crippen LogP contribution in [-0.2, 0) is 6.42 Å². The van der Waals surface area contributed by atoms with E-state index in [2.05, 4.69) is 5.32 Å². The number of carbonyl (C=O) groups is 1. The minimum absolute atomic E-state index is 0.137. The summed E-state index contributed by atoms with van der Waals surface area (Å²) in [5, 5.41) is 14.2. The van der Waals surface area contributed by atoms with Crippen molar-refractivity contribution in [3.8, 4) is 5.75 Å². The number of nitro groups is 1. The zero-order chi connectivity index (χ0) is 16.8. The van der Waals surface area contributed by atoms with Gasteiger partial charge in [0, 0.05) is 23.7 Å². The summed E-state index contributed by atoms with van der Waals surface area (Å²) >= 11 is 5.81. The van der Waals surface area contributed by atoms with Crippen LogP contribution in [0, 0.1) is 10.1 Å². The van der Waals surface area contributed by atoms with Crippen molar-refractivity contribution in [1.82, 2.24) is 5.32 Å². The van der Waals surface area contributed by atoms with Gasteiger partial charge in [-0.1, -0.05) is 23.7 Å². The van der Waals surface area contributed by atoms with E-state index in [1.165, 1.54) is 25.3 Å². The van der Waals surface area contributed by atoms with E-state index in [-0.39, 0.29) is 11.3 Å². The number of ether oxygens (including phenoxy) is 1. The van der Waals surface area contributed by atoms with Crippen molar-refractivity contribution in [3.63, 3.8) is 0 Å². The number of amides is 1. The van der Waals surface area contributed by atoms with Gasteiger partial charge in [0.25, 0.3) is 11.6 Å². The molecule has 0 saturated heterocycles. The SMILES string of the molecule is COc1ccc([N+](=O)[O-])cc1C(=O)NCCc1ccc(Cl)cc1. The standard InChI is InChI=1S/C16H15ClN2O4/c1-23-15-7-6-13(19(21)22)10-14(15)16(20)18-9-8-11-2-4-12(17)5-3-11/h2-7,10H,8-9H2,1H3,(H,18,20). The molecule has 0 heterocycles. The molecule has 0 aliphatic heterocycles. The van der Waals surface area contributed by atoms with Gasteiger partial charge in [0.1, 0.15) is 5.75 Å². The first-order chi connectivity index (χ1) is 11.0. The van der Waals surface area contributed by atoms with Crippen LogP contribution in [0.1, 0.15) is 15.9 Å². The second-order valence-corrected chi connectivity index (χ2v) is 5.21. The summed E-state index contributed by atoms with van der Waals surface area (Å²) in [4.78, 5) is 22.5. The van der Waals surface area contributed by atoms with Crippen LogP contribution in [0.2, 0.25) is 5.02 Å². The Labute approximate surface area is 138 Å². The molecule has 23 heavy (non-hydrogen) atoms. The summed E-state index contributed by atoms with van der Waals surface area (Å²) in [6.07, 6.45) is 0.625. The molecule has 2 aromatic rings. The molecule has 2 rings (SSSR count). The quantitative estimate of drug-likeness (QED) is 0.649. The predicted molar refractivity (Wildman–Crippen MR) is 87.1 cm³/mol. The van der Waals surface area contributed by atoms with Crippen LogP contribution < -0.4 is 10.1 Å². The topological polar surface area (TPSA) is 81.5 Å². The number of hydrogen-bond acceptors (Lipinski definition) is 4. The minimum atomic E-state index is -0.552. The van der Waals surface area contributed by atoms with Gasteiger partial charge in [-0.2, -0.15) is 0 Å². The monoisotopic (exact) mass is 334 g/mol. The van der Waals surface area contributed by atoms with Crippen molar-refractivity contribution in [2.75, 3.05) is 13.7 Å². The number of hydrogen-bond donors (Lipinski definition) is 1. The van der Waals surface area contributed by atoms with Crippen LogP contribution in [0.4, 0.5) is 5.69 Å². The number of non-ortho nitro benzene ring substituents is 1. The number of nitrogens with zero attached hydrogens (tertiary/aromatic N) is 1. The Balaban J connectivity index is 2.03. The maximum absolute atomic E-state index is 12.2. The summed E-state index contributed by atoms with van der Waals surface area (Å²) in [5.74, 6) is -0.126. The molecule has 0 aromatic heterocycles. The number of benzene rings is 2. The first kappa shape index (κ1) is 16.8. The lowest BCUT2D eigenvalue weighted by atomic mass is 10.1. The van der Waals surface area contributed by atoms with E-state index in [9.17, 15) is 14.9 Å². The van der Waals surface area contributed by atoms with Gasteiger partial charge in [0.15, 0.2) is 0 Å². The molecule has 0 aliphatic carbocycles. The zero-order valence-corrected chi connectivity index (χ0v) is 13.2. The third-order valence-electron chi connectivity index (χ3n) is 3.25. The largest absolute Gasteiger partial charge is 0.496 e. The molecule has 0 bridgehead atoms. The Morgan fingerprint density at radius 2 is 1.96 bits per heavy atom. The lowest BCUT2D eigenvalue weighted by Crippen LogP contribution is -2.26. The number of nitrogens with one attached hydrogen (secondary N) is 1. The molecule has 0 fully saturated rings. The average molecular weight is 335 g/mol. The smallest absolute Gasteiger partial charge is 0.270 e. The highest BCUT2D eigenvalue weighted by Gasteiger charge is 2.17. The lowest BCUT2D eigenvalue weighted by molar-refractivity contribution is -0.384. The molecule has 0 unspecified atom stereocenters. The van der Waals surface area contributed by atoms with Gasteiger partial charge in [-0.25, -0.2) is 0 Å². The van der Waals surface area contributed by atoms with Crippen LogP contribution in [0.5, 0.6) is 5.75 Å². The van der Waals surface area contributed by atoms with E-state index in [1.54, 1.807) is 12.1 Å². The molecular formula is C16H15ClN2O4. The Morgan fingerprint density at radius 1 is 1.26 bits per heavy atom. The number of carbonyl (C=O) groups excluding carboxylic acids is 1. The van der Waals surface area contributed by atoms with Crippen LogP contribution in [-0.4, -0.2) is 24.5 Å². The number of rotatable bonds is 6. The number of halogens is 1. The van der Waals surface area contributed by atoms with Crippen molar-refractivity contribution < 1.29 is 14.5 Å². The third-order valence-corrected chi connectivity index (χ3v) is 3.50. The van der Waals surface area contributed by atoms with Crippen LogP contribution >= 0.6 is 11.6 Å². The highest BCUT2D eigenvalue weighted by molar-refractivity contribution is 6.30. The fraction of sp³-hybridized carbons (Fsp3) is 0.188. The molecule has 1 amide bonds. The highest BCUT2D eigenvalue weighted by atomic mass is 35.5. The van der Waals surface area contributed by atoms with Crippen LogP contribution in [0.15, 0.2) is 42.5 Å². The van der Waals surface area contributed by atoms with Crippen LogP contribution in [0.3, 0.4) is 0 Å². The first-order valence-corrected chi connectivity index (χ1v) is 7.24. The Kier molecular flexibility index (Phi) is 5.54. The Hall–Kier alpha value is -2.60. The minimum Gasteiger partial charge on any atom is -0.496 e. The third kappa shape index (κ3) is 4.43. The summed E-state index contributed by atoms with van der Waals surface area (Å²) in [5.41, 5.74) is 1.01. The molecule has 0 saturated carbocycles. The summed E-state index contributed by atoms with van der Waals surface area (Å²) in [6, 6.07) is 11.2. The second-order valence-electron chi connectivity index (χ2n) is 4.77. The maximum atomic E-state index is 12.2. The van der Waals surface area contributed by atoms with E-state index < -0.39 is 10.8 Å². The van der Waals surface area contributed by atoms with E-state index in [1.807, 2.05) is 12.1 Å². The van der Waals surface area contributed by atoms with Gasteiger partial charge in [0.05, 0.1) is 17.6 Å².